The average Bonchev–Trinajstić information content (AvgIpc) is 3.03. The summed E-state index contributed by atoms with van der Waals surface area (Å²) in [5.41, 5.74) is 0. The number of carbonyl (C=O) groups is 1. The van der Waals surface area contributed by atoms with Crippen LogP contribution in [0.2, 0.25) is 0 Å². The van der Waals surface area contributed by atoms with Crippen molar-refractivity contribution in [2.24, 2.45) is 5.92 Å². The van der Waals surface area contributed by atoms with Crippen LogP contribution in [0.1, 0.15) is 32.6 Å². The second-order valence-corrected chi connectivity index (χ2v) is 8.53. The molecule has 3 saturated heterocycles. The molecule has 0 aromatic heterocycles. The second-order valence-electron chi connectivity index (χ2n) is 6.61. The summed E-state index contributed by atoms with van der Waals surface area (Å²) in [6.07, 6.45) is 2.56. The number of amides is 1. The molecule has 3 aliphatic rings. The summed E-state index contributed by atoms with van der Waals surface area (Å²) in [4.78, 5) is 12.0. The Kier molecular flexibility index (Phi) is 5.45. The maximum Gasteiger partial charge on any atom is 0.282 e. The fourth-order valence-electron chi connectivity index (χ4n) is 3.69. The maximum absolute atomic E-state index is 12.9. The van der Waals surface area contributed by atoms with E-state index in [0.29, 0.717) is 58.7 Å². The Morgan fingerprint density at radius 3 is 2.46 bits per heavy atom. The summed E-state index contributed by atoms with van der Waals surface area (Å²) in [5, 5.41) is 2.79. The molecule has 0 bridgehead atoms. The molecule has 1 N–H and O–H groups in total. The molecule has 3 heterocycles. The van der Waals surface area contributed by atoms with Crippen LogP contribution in [0.15, 0.2) is 0 Å². The molecular weight excluding hydrogens is 334 g/mol. The van der Waals surface area contributed by atoms with Crippen molar-refractivity contribution >= 4 is 16.1 Å². The lowest BCUT2D eigenvalue weighted by atomic mass is 9.99. The smallest absolute Gasteiger partial charge is 0.282 e. The Labute approximate surface area is 143 Å². The minimum absolute atomic E-state index is 0.0530. The molecule has 138 valence electrons. The summed E-state index contributed by atoms with van der Waals surface area (Å²) in [5.74, 6) is -0.897. The van der Waals surface area contributed by atoms with Crippen LogP contribution in [0.4, 0.5) is 0 Å². The van der Waals surface area contributed by atoms with Crippen LogP contribution >= 0.6 is 0 Å². The van der Waals surface area contributed by atoms with Crippen molar-refractivity contribution in [3.05, 3.63) is 0 Å². The van der Waals surface area contributed by atoms with Gasteiger partial charge in [-0.3, -0.25) is 4.79 Å². The van der Waals surface area contributed by atoms with Gasteiger partial charge < -0.3 is 14.8 Å². The maximum atomic E-state index is 12.9. The SMILES string of the molecule is CCNC(=O)C1CCCN(S(=O)(=O)N2CCC3(CC2)OCCO3)C1. The third-order valence-corrected chi connectivity index (χ3v) is 7.06. The monoisotopic (exact) mass is 361 g/mol. The minimum atomic E-state index is -3.54. The van der Waals surface area contributed by atoms with Crippen molar-refractivity contribution in [3.8, 4) is 0 Å². The van der Waals surface area contributed by atoms with Crippen LogP contribution in [0.25, 0.3) is 0 Å². The first-order chi connectivity index (χ1) is 11.5. The number of ether oxygens (including phenoxy) is 2. The van der Waals surface area contributed by atoms with Gasteiger partial charge in [0.2, 0.25) is 5.91 Å². The van der Waals surface area contributed by atoms with Gasteiger partial charge in [-0.1, -0.05) is 0 Å². The van der Waals surface area contributed by atoms with Crippen LogP contribution < -0.4 is 5.32 Å². The molecule has 8 nitrogen and oxygen atoms in total. The zero-order valence-corrected chi connectivity index (χ0v) is 15.0. The fraction of sp³-hybridized carbons (Fsp3) is 0.933. The summed E-state index contributed by atoms with van der Waals surface area (Å²) in [7, 11) is -3.54. The van der Waals surface area contributed by atoms with Gasteiger partial charge in [0.15, 0.2) is 5.79 Å². The molecule has 0 radical (unpaired) electrons. The zero-order chi connectivity index (χ0) is 17.2. The topological polar surface area (TPSA) is 88.2 Å². The Bertz CT molecular complexity index is 551. The highest BCUT2D eigenvalue weighted by Gasteiger charge is 2.44. The van der Waals surface area contributed by atoms with Crippen LogP contribution in [-0.2, 0) is 24.5 Å². The molecular formula is C15H27N3O5S. The average molecular weight is 361 g/mol. The van der Waals surface area contributed by atoms with E-state index < -0.39 is 16.0 Å². The standard InChI is InChI=1S/C15H27N3O5S/c1-2-16-14(19)13-4-3-7-18(12-13)24(20,21)17-8-5-15(6-9-17)22-10-11-23-15/h13H,2-12H2,1H3,(H,16,19). The Morgan fingerprint density at radius 1 is 1.17 bits per heavy atom. The zero-order valence-electron chi connectivity index (χ0n) is 14.2. The van der Waals surface area contributed by atoms with E-state index in [9.17, 15) is 13.2 Å². The van der Waals surface area contributed by atoms with Gasteiger partial charge in [-0.2, -0.15) is 17.0 Å². The van der Waals surface area contributed by atoms with E-state index in [1.807, 2.05) is 6.92 Å². The van der Waals surface area contributed by atoms with E-state index in [2.05, 4.69) is 5.32 Å². The highest BCUT2D eigenvalue weighted by Crippen LogP contribution is 2.33. The van der Waals surface area contributed by atoms with Gasteiger partial charge in [-0.15, -0.1) is 0 Å². The molecule has 1 amide bonds. The first-order valence-corrected chi connectivity index (χ1v) is 10.2. The third kappa shape index (κ3) is 3.60. The molecule has 1 atom stereocenters. The first-order valence-electron chi connectivity index (χ1n) is 8.78. The number of nitrogens with one attached hydrogen (secondary N) is 1. The lowest BCUT2D eigenvalue weighted by molar-refractivity contribution is -0.179. The highest BCUT2D eigenvalue weighted by molar-refractivity contribution is 7.86. The number of rotatable bonds is 4. The molecule has 0 aromatic rings. The van der Waals surface area contributed by atoms with Crippen molar-refractivity contribution < 1.29 is 22.7 Å². The largest absolute Gasteiger partial charge is 0.356 e. The van der Waals surface area contributed by atoms with E-state index in [1.165, 1.54) is 8.61 Å². The fourth-order valence-corrected chi connectivity index (χ4v) is 5.39. The van der Waals surface area contributed by atoms with E-state index >= 15 is 0 Å². The second kappa shape index (κ2) is 7.25. The minimum Gasteiger partial charge on any atom is -0.356 e. The van der Waals surface area contributed by atoms with Gasteiger partial charge in [0.1, 0.15) is 0 Å². The van der Waals surface area contributed by atoms with Gasteiger partial charge in [0.05, 0.1) is 19.1 Å². The Balaban J connectivity index is 1.61. The molecule has 1 spiro atoms. The van der Waals surface area contributed by atoms with Gasteiger partial charge >= 0.3 is 0 Å². The summed E-state index contributed by atoms with van der Waals surface area (Å²) in [6, 6.07) is 0. The number of hydrogen-bond acceptors (Lipinski definition) is 5. The van der Waals surface area contributed by atoms with Gasteiger partial charge in [0, 0.05) is 45.6 Å². The Hall–Kier alpha value is -0.740. The quantitative estimate of drug-likeness (QED) is 0.757. The van der Waals surface area contributed by atoms with Crippen LogP contribution in [0, 0.1) is 5.92 Å². The molecule has 3 aliphatic heterocycles. The van der Waals surface area contributed by atoms with E-state index in [1.54, 1.807) is 0 Å². The lowest BCUT2D eigenvalue weighted by Gasteiger charge is -2.40. The molecule has 0 aliphatic carbocycles. The number of piperidine rings is 2. The van der Waals surface area contributed by atoms with Gasteiger partial charge in [-0.05, 0) is 19.8 Å². The first kappa shape index (κ1) is 18.1. The predicted octanol–water partition coefficient (Wildman–Crippen LogP) is -0.0818. The third-order valence-electron chi connectivity index (χ3n) is 5.06. The van der Waals surface area contributed by atoms with Crippen molar-refractivity contribution in [3.63, 3.8) is 0 Å². The molecule has 1 unspecified atom stereocenters. The molecule has 0 saturated carbocycles. The summed E-state index contributed by atoms with van der Waals surface area (Å²) < 4.78 is 40.1. The lowest BCUT2D eigenvalue weighted by Crippen LogP contribution is -2.54. The van der Waals surface area contributed by atoms with Crippen molar-refractivity contribution in [1.82, 2.24) is 13.9 Å². The molecule has 0 aromatic carbocycles. The summed E-state index contributed by atoms with van der Waals surface area (Å²) in [6.45, 7) is 5.12. The Morgan fingerprint density at radius 2 is 1.83 bits per heavy atom. The molecule has 9 heteroatoms. The van der Waals surface area contributed by atoms with Crippen molar-refractivity contribution in [1.29, 1.82) is 0 Å². The van der Waals surface area contributed by atoms with Crippen LogP contribution in [0.3, 0.4) is 0 Å². The van der Waals surface area contributed by atoms with Gasteiger partial charge in [0.25, 0.3) is 10.2 Å². The normalized spacial score (nSPS) is 29.0. The molecule has 3 rings (SSSR count). The van der Waals surface area contributed by atoms with Gasteiger partial charge in [-0.25, -0.2) is 0 Å². The van der Waals surface area contributed by atoms with E-state index in [4.69, 9.17) is 9.47 Å². The number of hydrogen-bond donors (Lipinski definition) is 1. The number of nitrogens with zero attached hydrogens (tertiary/aromatic N) is 2. The molecule has 24 heavy (non-hydrogen) atoms. The van der Waals surface area contributed by atoms with Crippen molar-refractivity contribution in [2.45, 2.75) is 38.4 Å². The van der Waals surface area contributed by atoms with E-state index in [-0.39, 0.29) is 18.4 Å². The van der Waals surface area contributed by atoms with E-state index in [0.717, 1.165) is 6.42 Å². The van der Waals surface area contributed by atoms with Crippen LogP contribution in [0.5, 0.6) is 0 Å². The predicted molar refractivity (Wildman–Crippen MR) is 87.3 cm³/mol. The number of carbonyl (C=O) groups excluding carboxylic acids is 1. The summed E-state index contributed by atoms with van der Waals surface area (Å²) >= 11 is 0. The van der Waals surface area contributed by atoms with Crippen LogP contribution in [-0.4, -0.2) is 74.7 Å². The molecule has 3 fully saturated rings. The van der Waals surface area contributed by atoms with Crippen molar-refractivity contribution in [2.75, 3.05) is 45.9 Å². The highest BCUT2D eigenvalue weighted by atomic mass is 32.2.